The number of anilines is 4. The topological polar surface area (TPSA) is 139 Å². The van der Waals surface area contributed by atoms with E-state index in [4.69, 9.17) is 22.7 Å². The zero-order valence-corrected chi connectivity index (χ0v) is 27.8. The number of methoxy groups -OCH3 is 1. The second kappa shape index (κ2) is 17.1. The summed E-state index contributed by atoms with van der Waals surface area (Å²) in [5.41, 5.74) is 3.03. The lowest BCUT2D eigenvalue weighted by atomic mass is 10.2. The van der Waals surface area contributed by atoms with Crippen LogP contribution in [0.3, 0.4) is 0 Å². The summed E-state index contributed by atoms with van der Waals surface area (Å²) < 4.78 is 55.6. The van der Waals surface area contributed by atoms with Gasteiger partial charge in [0.05, 0.1) is 25.8 Å². The van der Waals surface area contributed by atoms with Gasteiger partial charge in [-0.05, 0) is 56.5 Å². The average Bonchev–Trinajstić information content (AvgIpc) is 3.34. The number of aryl methyl sites for hydroxylation is 2. The van der Waals surface area contributed by atoms with Gasteiger partial charge in [-0.25, -0.2) is 23.3 Å². The zero-order chi connectivity index (χ0) is 33.0. The lowest BCUT2D eigenvalue weighted by Gasteiger charge is -2.18. The van der Waals surface area contributed by atoms with Crippen molar-refractivity contribution in [1.82, 2.24) is 14.5 Å². The van der Waals surface area contributed by atoms with Crippen LogP contribution >= 0.6 is 7.82 Å². The van der Waals surface area contributed by atoms with E-state index in [-0.39, 0.29) is 24.9 Å². The van der Waals surface area contributed by atoms with Gasteiger partial charge in [-0.3, -0.25) is 13.6 Å². The second-order valence-corrected chi connectivity index (χ2v) is 11.5. The molecule has 0 atom stereocenters. The van der Waals surface area contributed by atoms with Gasteiger partial charge in [0.15, 0.2) is 17.1 Å². The molecule has 4 rings (SSSR count). The standard InChI is InChI=1S/C29H37FN5O7P.C2H6/c1-6-8-12-39-43(37,40-13-9-7-2)41-18-35-23-15-21(10-11-24(23)42-29(35)36)32-27-20(4)17-31-28(34-27)33-22-14-19(3)26(30)25(16-22)38-5;1-2/h10-11,14-17H,6-9,12-13,18H2,1-5H3,(H2,31,32,33,34);1-2H3. The highest BCUT2D eigenvalue weighted by atomic mass is 31.2. The second-order valence-electron chi connectivity index (χ2n) is 9.84. The van der Waals surface area contributed by atoms with Crippen molar-refractivity contribution in [3.05, 3.63) is 64.0 Å². The van der Waals surface area contributed by atoms with E-state index in [1.54, 1.807) is 37.4 Å². The Kier molecular flexibility index (Phi) is 13.5. The summed E-state index contributed by atoms with van der Waals surface area (Å²) in [5, 5.41) is 6.31. The number of phosphoric acid groups is 1. The summed E-state index contributed by atoms with van der Waals surface area (Å²) in [5.74, 6) is -0.245. The first kappa shape index (κ1) is 35.7. The largest absolute Gasteiger partial charge is 0.494 e. The number of fused-ring (bicyclic) bond motifs is 1. The highest BCUT2D eigenvalue weighted by Gasteiger charge is 2.27. The summed E-state index contributed by atoms with van der Waals surface area (Å²) in [4.78, 5) is 21.6. The number of oxazole rings is 1. The van der Waals surface area contributed by atoms with Gasteiger partial charge in [0.25, 0.3) is 0 Å². The van der Waals surface area contributed by atoms with Crippen molar-refractivity contribution in [2.75, 3.05) is 31.0 Å². The number of ether oxygens (including phenoxy) is 1. The number of nitrogens with one attached hydrogen (secondary N) is 2. The van der Waals surface area contributed by atoms with E-state index in [2.05, 4.69) is 20.6 Å². The molecule has 2 heterocycles. The van der Waals surface area contributed by atoms with Crippen LogP contribution in [0.2, 0.25) is 0 Å². The maximum absolute atomic E-state index is 14.2. The van der Waals surface area contributed by atoms with Gasteiger partial charge in [-0.2, -0.15) is 4.98 Å². The molecule has 0 amide bonds. The minimum atomic E-state index is -3.91. The van der Waals surface area contributed by atoms with Crippen LogP contribution in [0.25, 0.3) is 11.1 Å². The van der Waals surface area contributed by atoms with Gasteiger partial charge >= 0.3 is 13.6 Å². The van der Waals surface area contributed by atoms with Gasteiger partial charge in [0, 0.05) is 29.2 Å². The van der Waals surface area contributed by atoms with Crippen LogP contribution in [-0.4, -0.2) is 34.9 Å². The molecule has 0 spiro atoms. The fourth-order valence-electron chi connectivity index (χ4n) is 4.00. The number of halogens is 1. The van der Waals surface area contributed by atoms with E-state index in [9.17, 15) is 13.8 Å². The molecule has 12 nitrogen and oxygen atoms in total. The number of unbranched alkanes of at least 4 members (excludes halogenated alkanes) is 2. The van der Waals surface area contributed by atoms with Crippen molar-refractivity contribution in [1.29, 1.82) is 0 Å². The molecule has 0 radical (unpaired) electrons. The fourth-order valence-corrected chi connectivity index (χ4v) is 5.18. The predicted molar refractivity (Wildman–Crippen MR) is 173 cm³/mol. The Morgan fingerprint density at radius 3 is 2.29 bits per heavy atom. The van der Waals surface area contributed by atoms with Crippen LogP contribution in [0.1, 0.15) is 64.5 Å². The van der Waals surface area contributed by atoms with Crippen molar-refractivity contribution in [3.8, 4) is 5.75 Å². The minimum absolute atomic E-state index is 0.104. The Hall–Kier alpha value is -3.77. The molecule has 0 unspecified atom stereocenters. The third-order valence-corrected chi connectivity index (χ3v) is 7.87. The maximum atomic E-state index is 14.2. The molecule has 0 fully saturated rings. The smallest absolute Gasteiger partial charge is 0.476 e. The van der Waals surface area contributed by atoms with Crippen LogP contribution in [0.5, 0.6) is 5.75 Å². The molecule has 14 heteroatoms. The van der Waals surface area contributed by atoms with E-state index in [1.165, 1.54) is 17.7 Å². The monoisotopic (exact) mass is 647 g/mol. The van der Waals surface area contributed by atoms with Gasteiger partial charge in [0.2, 0.25) is 5.95 Å². The van der Waals surface area contributed by atoms with Crippen LogP contribution in [0, 0.1) is 19.7 Å². The molecule has 246 valence electrons. The molecule has 0 bridgehead atoms. The predicted octanol–water partition coefficient (Wildman–Crippen LogP) is 8.38. The molecule has 0 saturated carbocycles. The van der Waals surface area contributed by atoms with Gasteiger partial charge in [0.1, 0.15) is 12.5 Å². The van der Waals surface area contributed by atoms with Crippen molar-refractivity contribution in [3.63, 3.8) is 0 Å². The highest BCUT2D eigenvalue weighted by Crippen LogP contribution is 2.50. The molecule has 0 aliphatic carbocycles. The molecule has 0 aliphatic heterocycles. The molecule has 0 saturated heterocycles. The normalized spacial score (nSPS) is 11.3. The first-order valence-corrected chi connectivity index (χ1v) is 16.5. The molecule has 2 N–H and O–H groups in total. The Morgan fingerprint density at radius 2 is 1.64 bits per heavy atom. The summed E-state index contributed by atoms with van der Waals surface area (Å²) in [6.07, 6.45) is 4.71. The Labute approximate surface area is 262 Å². The van der Waals surface area contributed by atoms with E-state index in [0.717, 1.165) is 18.4 Å². The van der Waals surface area contributed by atoms with E-state index < -0.39 is 26.1 Å². The zero-order valence-electron chi connectivity index (χ0n) is 26.9. The average molecular weight is 648 g/mol. The number of rotatable bonds is 16. The van der Waals surface area contributed by atoms with Crippen molar-refractivity contribution < 1.29 is 31.7 Å². The Bertz CT molecular complexity index is 1650. The number of benzene rings is 2. The van der Waals surface area contributed by atoms with Gasteiger partial charge in [-0.15, -0.1) is 0 Å². The fraction of sp³-hybridized carbons (Fsp3) is 0.452. The summed E-state index contributed by atoms with van der Waals surface area (Å²) >= 11 is 0. The Morgan fingerprint density at radius 1 is 0.956 bits per heavy atom. The van der Waals surface area contributed by atoms with Gasteiger partial charge in [-0.1, -0.05) is 40.5 Å². The SMILES string of the molecule is CC.CCCCOP(=O)(OCCCC)OCn1c(=O)oc2ccc(Nc3nc(Nc4cc(C)c(F)c(OC)c4)ncc3C)cc21. The number of aromatic nitrogens is 3. The van der Waals surface area contributed by atoms with Crippen molar-refractivity contribution >= 4 is 42.1 Å². The van der Waals surface area contributed by atoms with E-state index in [0.29, 0.717) is 46.7 Å². The lowest BCUT2D eigenvalue weighted by Crippen LogP contribution is -2.16. The van der Waals surface area contributed by atoms with E-state index in [1.807, 2.05) is 34.6 Å². The van der Waals surface area contributed by atoms with Crippen LogP contribution < -0.4 is 21.1 Å². The molecular formula is C31H43FN5O7P. The van der Waals surface area contributed by atoms with Crippen LogP contribution in [0.15, 0.2) is 45.7 Å². The molecular weight excluding hydrogens is 604 g/mol. The van der Waals surface area contributed by atoms with E-state index >= 15 is 0 Å². The quantitative estimate of drug-likeness (QED) is 0.0895. The minimum Gasteiger partial charge on any atom is -0.494 e. The molecule has 0 aliphatic rings. The summed E-state index contributed by atoms with van der Waals surface area (Å²) in [6.45, 7) is 11.5. The number of nitrogens with zero attached hydrogens (tertiary/aromatic N) is 3. The number of hydrogen-bond acceptors (Lipinski definition) is 11. The summed E-state index contributed by atoms with van der Waals surface area (Å²) in [7, 11) is -2.51. The number of hydrogen-bond donors (Lipinski definition) is 2. The number of phosphoric ester groups is 1. The lowest BCUT2D eigenvalue weighted by molar-refractivity contribution is 0.0870. The van der Waals surface area contributed by atoms with Crippen molar-refractivity contribution in [2.24, 2.45) is 0 Å². The Balaban J connectivity index is 0.00000271. The third kappa shape index (κ3) is 9.61. The third-order valence-electron chi connectivity index (χ3n) is 6.44. The van der Waals surface area contributed by atoms with Crippen LogP contribution in [-0.2, 0) is 24.9 Å². The molecule has 2 aromatic heterocycles. The van der Waals surface area contributed by atoms with Crippen molar-refractivity contribution in [2.45, 2.75) is 74.0 Å². The highest BCUT2D eigenvalue weighted by molar-refractivity contribution is 7.48. The summed E-state index contributed by atoms with van der Waals surface area (Å²) in [6, 6.07) is 8.20. The molecule has 4 aromatic rings. The maximum Gasteiger partial charge on any atom is 0.476 e. The van der Waals surface area contributed by atoms with Crippen LogP contribution in [0.4, 0.5) is 27.5 Å². The van der Waals surface area contributed by atoms with Gasteiger partial charge < -0.3 is 19.8 Å². The first-order valence-electron chi connectivity index (χ1n) is 15.0. The first-order chi connectivity index (χ1) is 21.7. The molecule has 45 heavy (non-hydrogen) atoms. The molecule has 2 aromatic carbocycles.